The first kappa shape index (κ1) is 11.6. The summed E-state index contributed by atoms with van der Waals surface area (Å²) in [5.74, 6) is 0.215. The molecule has 0 atom stereocenters. The number of aromatic nitrogens is 2. The molecule has 0 fully saturated rings. The molecule has 0 aliphatic carbocycles. The highest BCUT2D eigenvalue weighted by Gasteiger charge is 2.13. The Balaban J connectivity index is 2.40. The minimum Gasteiger partial charge on any atom is -0.350 e. The van der Waals surface area contributed by atoms with Crippen LogP contribution in [-0.4, -0.2) is 15.9 Å². The predicted octanol–water partition coefficient (Wildman–Crippen LogP) is 1.53. The van der Waals surface area contributed by atoms with Crippen molar-refractivity contribution < 1.29 is 4.79 Å². The Bertz CT molecular complexity index is 296. The zero-order valence-corrected chi connectivity index (χ0v) is 9.23. The van der Waals surface area contributed by atoms with Gasteiger partial charge in [0.25, 0.3) is 0 Å². The molecule has 1 aromatic heterocycles. The molecule has 0 spiro atoms. The highest BCUT2D eigenvalue weighted by Crippen LogP contribution is 2.07. The lowest BCUT2D eigenvalue weighted by Gasteiger charge is -2.11. The molecule has 0 saturated heterocycles. The Morgan fingerprint density at radius 2 is 2.13 bits per heavy atom. The molecule has 0 radical (unpaired) electrons. The van der Waals surface area contributed by atoms with E-state index in [-0.39, 0.29) is 11.8 Å². The topological polar surface area (TPSA) is 54.9 Å². The fourth-order valence-corrected chi connectivity index (χ4v) is 1.40. The van der Waals surface area contributed by atoms with Gasteiger partial charge in [-0.2, -0.15) is 0 Å². The molecule has 4 heteroatoms. The molecular formula is C11H17N3O. The van der Waals surface area contributed by atoms with Crippen LogP contribution in [0.2, 0.25) is 0 Å². The molecule has 0 aromatic carbocycles. The van der Waals surface area contributed by atoms with Crippen LogP contribution in [-0.2, 0) is 11.3 Å². The number of rotatable bonds is 5. The summed E-state index contributed by atoms with van der Waals surface area (Å²) in [6, 6.07) is 0. The maximum absolute atomic E-state index is 11.6. The van der Waals surface area contributed by atoms with E-state index in [4.69, 9.17) is 0 Å². The number of amides is 1. The van der Waals surface area contributed by atoms with Crippen LogP contribution in [0.25, 0.3) is 0 Å². The summed E-state index contributed by atoms with van der Waals surface area (Å²) in [6.45, 7) is 4.51. The Labute approximate surface area is 90.1 Å². The fourth-order valence-electron chi connectivity index (χ4n) is 1.40. The van der Waals surface area contributed by atoms with E-state index < -0.39 is 0 Å². The Morgan fingerprint density at radius 3 is 2.67 bits per heavy atom. The second-order valence-corrected chi connectivity index (χ2v) is 3.43. The van der Waals surface area contributed by atoms with Gasteiger partial charge >= 0.3 is 0 Å². The van der Waals surface area contributed by atoms with Gasteiger partial charge in [0.15, 0.2) is 0 Å². The van der Waals surface area contributed by atoms with Crippen molar-refractivity contribution in [3.63, 3.8) is 0 Å². The molecule has 1 heterocycles. The molecule has 0 unspecified atom stereocenters. The lowest BCUT2D eigenvalue weighted by molar-refractivity contribution is -0.125. The first-order chi connectivity index (χ1) is 7.27. The quantitative estimate of drug-likeness (QED) is 0.796. The Hall–Kier alpha value is -1.45. The first-order valence-corrected chi connectivity index (χ1v) is 5.30. The third kappa shape index (κ3) is 3.65. The summed E-state index contributed by atoms with van der Waals surface area (Å²) < 4.78 is 0. The van der Waals surface area contributed by atoms with Gasteiger partial charge in [-0.1, -0.05) is 13.8 Å². The van der Waals surface area contributed by atoms with Crippen LogP contribution in [0, 0.1) is 5.92 Å². The molecule has 0 aliphatic heterocycles. The molecule has 4 nitrogen and oxygen atoms in total. The summed E-state index contributed by atoms with van der Waals surface area (Å²) in [6.07, 6.45) is 6.66. The van der Waals surface area contributed by atoms with Crippen molar-refractivity contribution in [2.75, 3.05) is 0 Å². The maximum Gasteiger partial charge on any atom is 0.223 e. The molecule has 0 aliphatic rings. The molecule has 0 bridgehead atoms. The third-order valence-electron chi connectivity index (χ3n) is 2.42. The monoisotopic (exact) mass is 207 g/mol. The van der Waals surface area contributed by atoms with E-state index in [0.717, 1.165) is 18.5 Å². The van der Waals surface area contributed by atoms with Gasteiger partial charge in [-0.15, -0.1) is 0 Å². The van der Waals surface area contributed by atoms with E-state index in [2.05, 4.69) is 15.3 Å². The van der Waals surface area contributed by atoms with E-state index in [9.17, 15) is 4.79 Å². The van der Waals surface area contributed by atoms with E-state index in [1.54, 1.807) is 18.6 Å². The van der Waals surface area contributed by atoms with Crippen molar-refractivity contribution in [2.24, 2.45) is 5.92 Å². The standard InChI is InChI=1S/C11H17N3O/c1-3-9(4-2)11(15)14-8-10-7-12-5-6-13-10/h5-7,9H,3-4,8H2,1-2H3,(H,14,15). The number of hydrogen-bond acceptors (Lipinski definition) is 3. The van der Waals surface area contributed by atoms with Crippen molar-refractivity contribution in [2.45, 2.75) is 33.2 Å². The zero-order valence-electron chi connectivity index (χ0n) is 9.23. The minimum absolute atomic E-state index is 0.102. The lowest BCUT2D eigenvalue weighted by Crippen LogP contribution is -2.29. The average molecular weight is 207 g/mol. The largest absolute Gasteiger partial charge is 0.350 e. The summed E-state index contributed by atoms with van der Waals surface area (Å²) in [5.41, 5.74) is 0.789. The summed E-state index contributed by atoms with van der Waals surface area (Å²) in [7, 11) is 0. The van der Waals surface area contributed by atoms with Gasteiger partial charge < -0.3 is 5.32 Å². The maximum atomic E-state index is 11.6. The van der Waals surface area contributed by atoms with Crippen molar-refractivity contribution in [1.29, 1.82) is 0 Å². The van der Waals surface area contributed by atoms with Crippen LogP contribution in [0.5, 0.6) is 0 Å². The van der Waals surface area contributed by atoms with Crippen LogP contribution < -0.4 is 5.32 Å². The van der Waals surface area contributed by atoms with Gasteiger partial charge in [0.1, 0.15) is 0 Å². The van der Waals surface area contributed by atoms with Gasteiger partial charge in [0, 0.05) is 18.3 Å². The minimum atomic E-state index is 0.102. The smallest absolute Gasteiger partial charge is 0.223 e. The van der Waals surface area contributed by atoms with Gasteiger partial charge in [-0.3, -0.25) is 14.8 Å². The second kappa shape index (κ2) is 6.11. The van der Waals surface area contributed by atoms with Gasteiger partial charge in [-0.25, -0.2) is 0 Å². The lowest BCUT2D eigenvalue weighted by atomic mass is 10.0. The van der Waals surface area contributed by atoms with Crippen molar-refractivity contribution in [3.8, 4) is 0 Å². The molecule has 82 valence electrons. The van der Waals surface area contributed by atoms with E-state index in [1.165, 1.54) is 0 Å². The predicted molar refractivity (Wildman–Crippen MR) is 58.0 cm³/mol. The van der Waals surface area contributed by atoms with Crippen molar-refractivity contribution >= 4 is 5.91 Å². The summed E-state index contributed by atoms with van der Waals surface area (Å²) in [4.78, 5) is 19.6. The molecular weight excluding hydrogens is 190 g/mol. The average Bonchev–Trinajstić information content (AvgIpc) is 2.29. The van der Waals surface area contributed by atoms with Crippen LogP contribution in [0.15, 0.2) is 18.6 Å². The van der Waals surface area contributed by atoms with Crippen LogP contribution in [0.1, 0.15) is 32.4 Å². The Kier molecular flexibility index (Phi) is 4.74. The molecule has 1 rings (SSSR count). The number of nitrogens with zero attached hydrogens (tertiary/aromatic N) is 2. The molecule has 1 amide bonds. The highest BCUT2D eigenvalue weighted by atomic mass is 16.1. The number of nitrogens with one attached hydrogen (secondary N) is 1. The Morgan fingerprint density at radius 1 is 1.40 bits per heavy atom. The highest BCUT2D eigenvalue weighted by molar-refractivity contribution is 5.78. The van der Waals surface area contributed by atoms with E-state index in [0.29, 0.717) is 6.54 Å². The SMILES string of the molecule is CCC(CC)C(=O)NCc1cnccn1. The zero-order chi connectivity index (χ0) is 11.1. The molecule has 1 N–H and O–H groups in total. The van der Waals surface area contributed by atoms with E-state index >= 15 is 0 Å². The first-order valence-electron chi connectivity index (χ1n) is 5.30. The van der Waals surface area contributed by atoms with Crippen LogP contribution >= 0.6 is 0 Å². The van der Waals surface area contributed by atoms with E-state index in [1.807, 2.05) is 13.8 Å². The van der Waals surface area contributed by atoms with Crippen LogP contribution in [0.3, 0.4) is 0 Å². The molecule has 1 aromatic rings. The van der Waals surface area contributed by atoms with Gasteiger partial charge in [0.05, 0.1) is 18.4 Å². The van der Waals surface area contributed by atoms with Crippen LogP contribution in [0.4, 0.5) is 0 Å². The van der Waals surface area contributed by atoms with Crippen molar-refractivity contribution in [3.05, 3.63) is 24.3 Å². The van der Waals surface area contributed by atoms with Gasteiger partial charge in [-0.05, 0) is 12.8 Å². The van der Waals surface area contributed by atoms with Crippen molar-refractivity contribution in [1.82, 2.24) is 15.3 Å². The second-order valence-electron chi connectivity index (χ2n) is 3.43. The summed E-state index contributed by atoms with van der Waals surface area (Å²) >= 11 is 0. The fraction of sp³-hybridized carbons (Fsp3) is 0.545. The molecule has 0 saturated carbocycles. The van der Waals surface area contributed by atoms with Gasteiger partial charge in [0.2, 0.25) is 5.91 Å². The number of hydrogen-bond donors (Lipinski definition) is 1. The third-order valence-corrected chi connectivity index (χ3v) is 2.42. The molecule has 15 heavy (non-hydrogen) atoms. The number of carbonyl (C=O) groups excluding carboxylic acids is 1. The normalized spacial score (nSPS) is 10.3. The number of carbonyl (C=O) groups is 1. The summed E-state index contributed by atoms with van der Waals surface area (Å²) in [5, 5.41) is 2.86.